The molecule has 2 aromatic rings. The molecule has 0 bridgehead atoms. The summed E-state index contributed by atoms with van der Waals surface area (Å²) in [7, 11) is 0. The average Bonchev–Trinajstić information content (AvgIpc) is 2.97. The molecule has 0 radical (unpaired) electrons. The van der Waals surface area contributed by atoms with Crippen LogP contribution in [0.3, 0.4) is 0 Å². The van der Waals surface area contributed by atoms with Gasteiger partial charge in [-0.05, 0) is 46.9 Å². The fraction of sp³-hybridized carbons (Fsp3) is 0.409. The Labute approximate surface area is 150 Å². The minimum atomic E-state index is -0.114. The minimum absolute atomic E-state index is 0.102. The molecule has 1 aliphatic carbocycles. The number of carbonyl (C=O) groups excluding carboxylic acids is 1. The zero-order valence-corrected chi connectivity index (χ0v) is 15.6. The molecule has 0 heterocycles. The zero-order valence-electron chi connectivity index (χ0n) is 15.6. The van der Waals surface area contributed by atoms with Crippen molar-refractivity contribution >= 4 is 11.7 Å². The van der Waals surface area contributed by atoms with Crippen molar-refractivity contribution in [3.63, 3.8) is 0 Å². The van der Waals surface area contributed by atoms with Crippen LogP contribution in [0.4, 0.5) is 10.5 Å². The summed E-state index contributed by atoms with van der Waals surface area (Å²) in [6.07, 6.45) is 2.00. The van der Waals surface area contributed by atoms with Crippen LogP contribution in [-0.4, -0.2) is 6.03 Å². The van der Waals surface area contributed by atoms with Gasteiger partial charge in [0.15, 0.2) is 0 Å². The fourth-order valence-corrected chi connectivity index (χ4v) is 3.71. The zero-order chi connectivity index (χ0) is 18.0. The van der Waals surface area contributed by atoms with Crippen LogP contribution in [0.25, 0.3) is 0 Å². The Morgan fingerprint density at radius 1 is 0.960 bits per heavy atom. The monoisotopic (exact) mass is 336 g/mol. The van der Waals surface area contributed by atoms with Crippen molar-refractivity contribution in [2.24, 2.45) is 0 Å². The molecular weight excluding hydrogens is 308 g/mol. The topological polar surface area (TPSA) is 41.1 Å². The maximum Gasteiger partial charge on any atom is 0.319 e. The van der Waals surface area contributed by atoms with E-state index in [2.05, 4.69) is 74.7 Å². The summed E-state index contributed by atoms with van der Waals surface area (Å²) in [5.74, 6) is 0.724. The van der Waals surface area contributed by atoms with Crippen LogP contribution in [0.15, 0.2) is 42.5 Å². The lowest BCUT2D eigenvalue weighted by molar-refractivity contribution is 0.248. The first kappa shape index (κ1) is 17.5. The lowest BCUT2D eigenvalue weighted by Crippen LogP contribution is -2.32. The number of hydrogen-bond acceptors (Lipinski definition) is 1. The van der Waals surface area contributed by atoms with E-state index in [0.29, 0.717) is 11.8 Å². The van der Waals surface area contributed by atoms with Gasteiger partial charge >= 0.3 is 6.03 Å². The van der Waals surface area contributed by atoms with E-state index < -0.39 is 0 Å². The summed E-state index contributed by atoms with van der Waals surface area (Å²) < 4.78 is 0. The number of aryl methyl sites for hydroxylation is 1. The third-order valence-electron chi connectivity index (χ3n) is 5.05. The summed E-state index contributed by atoms with van der Waals surface area (Å²) in [5.41, 5.74) is 5.94. The van der Waals surface area contributed by atoms with E-state index in [1.165, 1.54) is 22.3 Å². The van der Waals surface area contributed by atoms with Gasteiger partial charge in [-0.2, -0.15) is 0 Å². The van der Waals surface area contributed by atoms with Gasteiger partial charge in [-0.1, -0.05) is 70.2 Å². The number of amides is 2. The number of para-hydroxylation sites is 1. The Morgan fingerprint density at radius 2 is 1.60 bits per heavy atom. The van der Waals surface area contributed by atoms with E-state index >= 15 is 0 Å². The molecule has 3 nitrogen and oxygen atoms in total. The van der Waals surface area contributed by atoms with Crippen LogP contribution in [0.2, 0.25) is 0 Å². The second-order valence-corrected chi connectivity index (χ2v) is 7.51. The maximum absolute atomic E-state index is 12.7. The van der Waals surface area contributed by atoms with E-state index in [0.717, 1.165) is 18.5 Å². The van der Waals surface area contributed by atoms with Crippen molar-refractivity contribution in [2.75, 3.05) is 5.32 Å². The third-order valence-corrected chi connectivity index (χ3v) is 5.05. The third kappa shape index (κ3) is 3.71. The van der Waals surface area contributed by atoms with Crippen molar-refractivity contribution < 1.29 is 4.79 Å². The standard InChI is InChI=1S/C22H28N2O/c1-14(2)17-10-7-11-18(15(3)4)21(17)24-22(25)23-20-13-12-16-8-5-6-9-19(16)20/h5-11,14-15,20H,12-13H2,1-4H3,(H2,23,24,25). The lowest BCUT2D eigenvalue weighted by Gasteiger charge is -2.22. The summed E-state index contributed by atoms with van der Waals surface area (Å²) >= 11 is 0. The quantitative estimate of drug-likeness (QED) is 0.734. The molecule has 3 heteroatoms. The molecule has 0 aromatic heterocycles. The maximum atomic E-state index is 12.7. The van der Waals surface area contributed by atoms with Crippen molar-refractivity contribution in [2.45, 2.75) is 58.4 Å². The number of benzene rings is 2. The molecule has 25 heavy (non-hydrogen) atoms. The van der Waals surface area contributed by atoms with E-state index in [9.17, 15) is 4.79 Å². The Hall–Kier alpha value is -2.29. The van der Waals surface area contributed by atoms with Crippen LogP contribution in [0.1, 0.15) is 74.2 Å². The fourth-order valence-electron chi connectivity index (χ4n) is 3.71. The number of rotatable bonds is 4. The minimum Gasteiger partial charge on any atom is -0.331 e. The molecule has 0 saturated carbocycles. The first-order valence-corrected chi connectivity index (χ1v) is 9.25. The SMILES string of the molecule is CC(C)c1cccc(C(C)C)c1NC(=O)NC1CCc2ccccc21. The molecule has 0 spiro atoms. The highest BCUT2D eigenvalue weighted by Gasteiger charge is 2.24. The molecule has 2 amide bonds. The summed E-state index contributed by atoms with van der Waals surface area (Å²) in [4.78, 5) is 12.7. The van der Waals surface area contributed by atoms with E-state index in [-0.39, 0.29) is 12.1 Å². The number of carbonyl (C=O) groups is 1. The van der Waals surface area contributed by atoms with Gasteiger partial charge in [-0.15, -0.1) is 0 Å². The highest BCUT2D eigenvalue weighted by Crippen LogP contribution is 2.33. The Morgan fingerprint density at radius 3 is 2.24 bits per heavy atom. The summed E-state index contributed by atoms with van der Waals surface area (Å²) in [6, 6.07) is 14.7. The van der Waals surface area contributed by atoms with Gasteiger partial charge in [-0.25, -0.2) is 4.79 Å². The first-order valence-electron chi connectivity index (χ1n) is 9.25. The normalized spacial score (nSPS) is 16.2. The van der Waals surface area contributed by atoms with Crippen molar-refractivity contribution in [3.05, 3.63) is 64.7 Å². The van der Waals surface area contributed by atoms with Gasteiger partial charge in [0.1, 0.15) is 0 Å². The molecule has 132 valence electrons. The molecule has 1 aliphatic rings. The highest BCUT2D eigenvalue weighted by atomic mass is 16.2. The Balaban J connectivity index is 1.80. The first-order chi connectivity index (χ1) is 12.0. The summed E-state index contributed by atoms with van der Waals surface area (Å²) in [6.45, 7) is 8.65. The molecule has 0 fully saturated rings. The predicted molar refractivity (Wildman–Crippen MR) is 104 cm³/mol. The smallest absolute Gasteiger partial charge is 0.319 e. The van der Waals surface area contributed by atoms with Gasteiger partial charge in [0.05, 0.1) is 6.04 Å². The van der Waals surface area contributed by atoms with Crippen molar-refractivity contribution in [3.8, 4) is 0 Å². The predicted octanol–water partition coefficient (Wildman–Crippen LogP) is 5.74. The number of fused-ring (bicyclic) bond motifs is 1. The van der Waals surface area contributed by atoms with Gasteiger partial charge < -0.3 is 10.6 Å². The largest absolute Gasteiger partial charge is 0.331 e. The van der Waals surface area contributed by atoms with Crippen molar-refractivity contribution in [1.82, 2.24) is 5.32 Å². The summed E-state index contributed by atoms with van der Waals surface area (Å²) in [5, 5.41) is 6.32. The van der Waals surface area contributed by atoms with E-state index in [1.807, 2.05) is 6.07 Å². The Kier molecular flexibility index (Phi) is 5.12. The molecule has 1 atom stereocenters. The molecule has 3 rings (SSSR count). The van der Waals surface area contributed by atoms with Gasteiger partial charge in [0.25, 0.3) is 0 Å². The molecule has 2 aromatic carbocycles. The molecular formula is C22H28N2O. The molecule has 0 aliphatic heterocycles. The van der Waals surface area contributed by atoms with Gasteiger partial charge in [-0.3, -0.25) is 0 Å². The van der Waals surface area contributed by atoms with Gasteiger partial charge in [0.2, 0.25) is 0 Å². The lowest BCUT2D eigenvalue weighted by atomic mass is 9.93. The molecule has 1 unspecified atom stereocenters. The van der Waals surface area contributed by atoms with E-state index in [4.69, 9.17) is 0 Å². The number of urea groups is 1. The van der Waals surface area contributed by atoms with E-state index in [1.54, 1.807) is 0 Å². The second kappa shape index (κ2) is 7.30. The number of nitrogens with one attached hydrogen (secondary N) is 2. The highest BCUT2D eigenvalue weighted by molar-refractivity contribution is 5.91. The van der Waals surface area contributed by atoms with Gasteiger partial charge in [0, 0.05) is 5.69 Å². The molecule has 0 saturated heterocycles. The Bertz CT molecular complexity index is 738. The van der Waals surface area contributed by atoms with Crippen LogP contribution < -0.4 is 10.6 Å². The van der Waals surface area contributed by atoms with Crippen LogP contribution in [-0.2, 0) is 6.42 Å². The second-order valence-electron chi connectivity index (χ2n) is 7.51. The average molecular weight is 336 g/mol. The van der Waals surface area contributed by atoms with Crippen LogP contribution in [0, 0.1) is 0 Å². The molecule has 2 N–H and O–H groups in total. The van der Waals surface area contributed by atoms with Crippen molar-refractivity contribution in [1.29, 1.82) is 0 Å². The van der Waals surface area contributed by atoms with Crippen LogP contribution >= 0.6 is 0 Å². The number of anilines is 1. The number of hydrogen-bond donors (Lipinski definition) is 2. The van der Waals surface area contributed by atoms with Crippen LogP contribution in [0.5, 0.6) is 0 Å².